The Morgan fingerprint density at radius 1 is 1.29 bits per heavy atom. The summed E-state index contributed by atoms with van der Waals surface area (Å²) in [5.74, 6) is -0.169. The van der Waals surface area contributed by atoms with Gasteiger partial charge in [-0.2, -0.15) is 0 Å². The van der Waals surface area contributed by atoms with E-state index in [0.29, 0.717) is 6.42 Å². The number of anilines is 1. The fourth-order valence-electron chi connectivity index (χ4n) is 2.17. The number of sulfonamides is 1. The largest absolute Gasteiger partial charge is 0.399 e. The van der Waals surface area contributed by atoms with Gasteiger partial charge in [0.05, 0.1) is 21.6 Å². The third-order valence-electron chi connectivity index (χ3n) is 3.18. The lowest BCUT2D eigenvalue weighted by atomic mass is 10.1. The fourth-order valence-corrected chi connectivity index (χ4v) is 6.37. The van der Waals surface area contributed by atoms with Crippen molar-refractivity contribution in [2.24, 2.45) is 5.92 Å². The van der Waals surface area contributed by atoms with Crippen LogP contribution >= 0.6 is 23.2 Å². The second-order valence-electron chi connectivity index (χ2n) is 4.93. The summed E-state index contributed by atoms with van der Waals surface area (Å²) in [6.45, 7) is 0.0264. The molecule has 6 nitrogen and oxygen atoms in total. The van der Waals surface area contributed by atoms with Crippen LogP contribution in [0.2, 0.25) is 10.0 Å². The topological polar surface area (TPSA) is 106 Å². The Bertz CT molecular complexity index is 739. The van der Waals surface area contributed by atoms with Gasteiger partial charge < -0.3 is 5.73 Å². The van der Waals surface area contributed by atoms with Crippen molar-refractivity contribution >= 4 is 48.7 Å². The Labute approximate surface area is 133 Å². The lowest BCUT2D eigenvalue weighted by molar-refractivity contribution is 0.543. The van der Waals surface area contributed by atoms with E-state index >= 15 is 0 Å². The van der Waals surface area contributed by atoms with Crippen LogP contribution in [0, 0.1) is 5.92 Å². The zero-order chi connectivity index (χ0) is 15.8. The maximum absolute atomic E-state index is 12.2. The van der Waals surface area contributed by atoms with Crippen LogP contribution < -0.4 is 10.5 Å². The Balaban J connectivity index is 2.17. The summed E-state index contributed by atoms with van der Waals surface area (Å²) in [6, 6.07) is 2.59. The van der Waals surface area contributed by atoms with Gasteiger partial charge in [-0.3, -0.25) is 0 Å². The van der Waals surface area contributed by atoms with Crippen molar-refractivity contribution in [1.82, 2.24) is 4.72 Å². The molecule has 0 spiro atoms. The Morgan fingerprint density at radius 2 is 1.86 bits per heavy atom. The summed E-state index contributed by atoms with van der Waals surface area (Å²) in [5.41, 5.74) is 5.78. The predicted octanol–water partition coefficient (Wildman–Crippen LogP) is 1.29. The number of benzene rings is 1. The molecule has 0 radical (unpaired) electrons. The smallest absolute Gasteiger partial charge is 0.243 e. The molecule has 0 aromatic heterocycles. The van der Waals surface area contributed by atoms with Gasteiger partial charge in [0.15, 0.2) is 9.84 Å². The van der Waals surface area contributed by atoms with Crippen molar-refractivity contribution in [3.63, 3.8) is 0 Å². The lowest BCUT2D eigenvalue weighted by Gasteiger charge is -2.13. The summed E-state index contributed by atoms with van der Waals surface area (Å²) >= 11 is 11.8. The second kappa shape index (κ2) is 5.92. The summed E-state index contributed by atoms with van der Waals surface area (Å²) in [4.78, 5) is -0.249. The summed E-state index contributed by atoms with van der Waals surface area (Å²) in [5, 5.41) is -0.155. The third-order valence-corrected chi connectivity index (χ3v) is 7.36. The Kier molecular flexibility index (Phi) is 4.75. The molecule has 1 aliphatic heterocycles. The molecule has 21 heavy (non-hydrogen) atoms. The standard InChI is InChI=1S/C11H14Cl2N2O4S2/c12-9-3-8(14)4-10(13)11(9)21(18,19)15-5-7-1-2-20(16,17)6-7/h3-4,7,15H,1-2,5-6,14H2. The number of nitrogens with two attached hydrogens (primary N) is 1. The zero-order valence-electron chi connectivity index (χ0n) is 10.8. The Morgan fingerprint density at radius 3 is 2.33 bits per heavy atom. The molecular weight excluding hydrogens is 359 g/mol. The highest BCUT2D eigenvalue weighted by molar-refractivity contribution is 7.91. The maximum atomic E-state index is 12.2. The zero-order valence-corrected chi connectivity index (χ0v) is 14.0. The molecule has 118 valence electrons. The first kappa shape index (κ1) is 16.8. The van der Waals surface area contributed by atoms with Gasteiger partial charge in [-0.05, 0) is 24.5 Å². The normalized spacial score (nSPS) is 21.5. The van der Waals surface area contributed by atoms with Crippen molar-refractivity contribution in [3.05, 3.63) is 22.2 Å². The van der Waals surface area contributed by atoms with Gasteiger partial charge in [-0.15, -0.1) is 0 Å². The van der Waals surface area contributed by atoms with Gasteiger partial charge in [0.1, 0.15) is 4.90 Å². The van der Waals surface area contributed by atoms with E-state index in [1.165, 1.54) is 12.1 Å². The number of halogens is 2. The highest BCUT2D eigenvalue weighted by Crippen LogP contribution is 2.31. The highest BCUT2D eigenvalue weighted by atomic mass is 35.5. The molecule has 1 fully saturated rings. The van der Waals surface area contributed by atoms with E-state index in [4.69, 9.17) is 28.9 Å². The monoisotopic (exact) mass is 372 g/mol. The average molecular weight is 373 g/mol. The fraction of sp³-hybridized carbons (Fsp3) is 0.455. The van der Waals surface area contributed by atoms with Gasteiger partial charge in [0.25, 0.3) is 0 Å². The van der Waals surface area contributed by atoms with Gasteiger partial charge in [0.2, 0.25) is 10.0 Å². The number of nitrogens with one attached hydrogen (secondary N) is 1. The highest BCUT2D eigenvalue weighted by Gasteiger charge is 2.30. The second-order valence-corrected chi connectivity index (χ2v) is 9.68. The number of rotatable bonds is 4. The van der Waals surface area contributed by atoms with E-state index in [1.807, 2.05) is 0 Å². The number of hydrogen-bond acceptors (Lipinski definition) is 5. The van der Waals surface area contributed by atoms with Crippen LogP contribution in [0.5, 0.6) is 0 Å². The average Bonchev–Trinajstić information content (AvgIpc) is 2.65. The molecule has 1 aromatic carbocycles. The van der Waals surface area contributed by atoms with Crippen molar-refractivity contribution in [2.75, 3.05) is 23.8 Å². The molecule has 10 heteroatoms. The van der Waals surface area contributed by atoms with Gasteiger partial charge in [-0.1, -0.05) is 23.2 Å². The van der Waals surface area contributed by atoms with E-state index in [-0.39, 0.29) is 44.6 Å². The molecule has 2 rings (SSSR count). The van der Waals surface area contributed by atoms with Crippen LogP contribution in [0.1, 0.15) is 6.42 Å². The number of nitrogen functional groups attached to an aromatic ring is 1. The molecule has 1 atom stereocenters. The quantitative estimate of drug-likeness (QED) is 0.774. The van der Waals surface area contributed by atoms with Crippen molar-refractivity contribution in [1.29, 1.82) is 0 Å². The Hall–Kier alpha value is -0.540. The molecule has 3 N–H and O–H groups in total. The van der Waals surface area contributed by atoms with Gasteiger partial charge >= 0.3 is 0 Å². The van der Waals surface area contributed by atoms with E-state index in [2.05, 4.69) is 4.72 Å². The van der Waals surface area contributed by atoms with Crippen LogP contribution in [0.25, 0.3) is 0 Å². The van der Waals surface area contributed by atoms with Crippen molar-refractivity contribution < 1.29 is 16.8 Å². The SMILES string of the molecule is Nc1cc(Cl)c(S(=O)(=O)NCC2CCS(=O)(=O)C2)c(Cl)c1. The molecule has 0 amide bonds. The van der Waals surface area contributed by atoms with E-state index < -0.39 is 19.9 Å². The van der Waals surface area contributed by atoms with E-state index in [9.17, 15) is 16.8 Å². The van der Waals surface area contributed by atoms with Crippen LogP contribution in [-0.2, 0) is 19.9 Å². The van der Waals surface area contributed by atoms with E-state index in [1.54, 1.807) is 0 Å². The molecule has 1 aromatic rings. The molecule has 1 heterocycles. The lowest BCUT2D eigenvalue weighted by Crippen LogP contribution is -2.30. The molecular formula is C11H14Cl2N2O4S2. The first-order valence-electron chi connectivity index (χ1n) is 6.05. The van der Waals surface area contributed by atoms with Gasteiger partial charge in [0, 0.05) is 12.2 Å². The molecule has 0 aliphatic carbocycles. The third kappa shape index (κ3) is 4.01. The minimum Gasteiger partial charge on any atom is -0.399 e. The van der Waals surface area contributed by atoms with Crippen molar-refractivity contribution in [2.45, 2.75) is 11.3 Å². The number of sulfone groups is 1. The van der Waals surface area contributed by atoms with Crippen LogP contribution in [-0.4, -0.2) is 34.9 Å². The summed E-state index contributed by atoms with van der Waals surface area (Å²) < 4.78 is 49.5. The maximum Gasteiger partial charge on any atom is 0.243 e. The molecule has 1 unspecified atom stereocenters. The van der Waals surface area contributed by atoms with Crippen molar-refractivity contribution in [3.8, 4) is 0 Å². The first-order chi connectivity index (χ1) is 9.61. The van der Waals surface area contributed by atoms with Crippen LogP contribution in [0.3, 0.4) is 0 Å². The minimum atomic E-state index is -3.93. The predicted molar refractivity (Wildman–Crippen MR) is 82.8 cm³/mol. The minimum absolute atomic E-state index is 0.0152. The molecule has 0 saturated carbocycles. The van der Waals surface area contributed by atoms with Gasteiger partial charge in [-0.25, -0.2) is 21.6 Å². The van der Waals surface area contributed by atoms with Crippen LogP contribution in [0.15, 0.2) is 17.0 Å². The van der Waals surface area contributed by atoms with E-state index in [0.717, 1.165) is 0 Å². The summed E-state index contributed by atoms with van der Waals surface area (Å²) in [6.07, 6.45) is 0.439. The first-order valence-corrected chi connectivity index (χ1v) is 10.1. The van der Waals surface area contributed by atoms with Crippen LogP contribution in [0.4, 0.5) is 5.69 Å². The molecule has 0 bridgehead atoms. The molecule has 1 aliphatic rings. The number of hydrogen-bond donors (Lipinski definition) is 2. The molecule has 1 saturated heterocycles. The summed E-state index contributed by atoms with van der Waals surface area (Å²) in [7, 11) is -6.98.